The van der Waals surface area contributed by atoms with E-state index >= 15 is 0 Å². The van der Waals surface area contributed by atoms with E-state index in [0.717, 1.165) is 17.1 Å². The molecule has 2 atom stereocenters. The summed E-state index contributed by atoms with van der Waals surface area (Å²) in [5.74, 6) is 1.73. The topological polar surface area (TPSA) is 50.4 Å². The zero-order chi connectivity index (χ0) is 18.4. The summed E-state index contributed by atoms with van der Waals surface area (Å²) in [6.45, 7) is 14.1. The van der Waals surface area contributed by atoms with Gasteiger partial charge in [-0.2, -0.15) is 0 Å². The lowest BCUT2D eigenvalue weighted by Gasteiger charge is -2.14. The van der Waals surface area contributed by atoms with Crippen molar-refractivity contribution in [2.75, 3.05) is 0 Å². The fraction of sp³-hybridized carbons (Fsp3) is 0.571. The average Bonchev–Trinajstić information content (AvgIpc) is 2.48. The largest absolute Gasteiger partial charge is 0.507 e. The zero-order valence-electron chi connectivity index (χ0n) is 16.2. The van der Waals surface area contributed by atoms with Crippen LogP contribution in [-0.2, 0) is 0 Å². The lowest BCUT2D eigenvalue weighted by Crippen LogP contribution is -2.07. The molecule has 0 bridgehead atoms. The summed E-state index contributed by atoms with van der Waals surface area (Å²) in [6, 6.07) is 0. The fourth-order valence-corrected chi connectivity index (χ4v) is 3.32. The molecule has 0 saturated carbocycles. The summed E-state index contributed by atoms with van der Waals surface area (Å²) in [5, 5.41) is 10.0. The van der Waals surface area contributed by atoms with Crippen molar-refractivity contribution in [2.45, 2.75) is 67.7 Å². The minimum atomic E-state index is -0.482. The Labute approximate surface area is 146 Å². The molecule has 1 aromatic rings. The highest BCUT2D eigenvalue weighted by Gasteiger charge is 2.14. The predicted octanol–water partition coefficient (Wildman–Crippen LogP) is 5.77. The van der Waals surface area contributed by atoms with Crippen LogP contribution in [0.3, 0.4) is 0 Å². The van der Waals surface area contributed by atoms with Crippen LogP contribution in [0.4, 0.5) is 0 Å². The third-order valence-electron chi connectivity index (χ3n) is 4.46. The highest BCUT2D eigenvalue weighted by atomic mass is 16.4. The molecule has 0 amide bonds. The summed E-state index contributed by atoms with van der Waals surface area (Å²) >= 11 is 0. The SMILES string of the molecule is CCCC(C)CC(C)C=C(C)C=C(C)c1oc(=O)c(C)c(O)c1C. The van der Waals surface area contributed by atoms with E-state index < -0.39 is 5.63 Å². The van der Waals surface area contributed by atoms with Crippen LogP contribution in [0.2, 0.25) is 0 Å². The van der Waals surface area contributed by atoms with Gasteiger partial charge < -0.3 is 9.52 Å². The van der Waals surface area contributed by atoms with Gasteiger partial charge in [0.2, 0.25) is 0 Å². The van der Waals surface area contributed by atoms with Gasteiger partial charge in [-0.05, 0) is 51.5 Å². The van der Waals surface area contributed by atoms with Crippen molar-refractivity contribution in [2.24, 2.45) is 11.8 Å². The molecule has 1 N–H and O–H groups in total. The molecule has 0 fully saturated rings. The van der Waals surface area contributed by atoms with Crippen LogP contribution in [0.15, 0.2) is 26.9 Å². The van der Waals surface area contributed by atoms with E-state index in [1.807, 2.05) is 13.0 Å². The third-order valence-corrected chi connectivity index (χ3v) is 4.46. The summed E-state index contributed by atoms with van der Waals surface area (Å²) in [7, 11) is 0. The Kier molecular flexibility index (Phi) is 7.53. The Balaban J connectivity index is 3.00. The normalized spacial score (nSPS) is 15.5. The molecule has 0 saturated heterocycles. The molecule has 0 radical (unpaired) electrons. The Bertz CT molecular complexity index is 677. The minimum absolute atomic E-state index is 0.0254. The number of hydrogen-bond donors (Lipinski definition) is 1. The van der Waals surface area contributed by atoms with Gasteiger partial charge in [0.15, 0.2) is 0 Å². The molecule has 1 aromatic heterocycles. The maximum absolute atomic E-state index is 11.8. The lowest BCUT2D eigenvalue weighted by atomic mass is 9.92. The van der Waals surface area contributed by atoms with Crippen LogP contribution in [0.5, 0.6) is 5.75 Å². The van der Waals surface area contributed by atoms with E-state index in [4.69, 9.17) is 4.42 Å². The summed E-state index contributed by atoms with van der Waals surface area (Å²) < 4.78 is 5.37. The van der Waals surface area contributed by atoms with Gasteiger partial charge in [0.25, 0.3) is 0 Å². The van der Waals surface area contributed by atoms with E-state index in [-0.39, 0.29) is 11.3 Å². The molecule has 3 nitrogen and oxygen atoms in total. The van der Waals surface area contributed by atoms with Crippen molar-refractivity contribution < 1.29 is 9.52 Å². The van der Waals surface area contributed by atoms with E-state index in [1.165, 1.54) is 19.3 Å². The van der Waals surface area contributed by atoms with Crippen molar-refractivity contribution in [3.8, 4) is 5.75 Å². The molecule has 3 heteroatoms. The molecule has 1 heterocycles. The van der Waals surface area contributed by atoms with E-state index in [9.17, 15) is 9.90 Å². The highest BCUT2D eigenvalue weighted by molar-refractivity contribution is 5.66. The summed E-state index contributed by atoms with van der Waals surface area (Å²) in [4.78, 5) is 11.8. The number of hydrogen-bond acceptors (Lipinski definition) is 3. The van der Waals surface area contributed by atoms with Gasteiger partial charge in [0.05, 0.1) is 5.56 Å². The van der Waals surface area contributed by atoms with Gasteiger partial charge in [-0.15, -0.1) is 0 Å². The van der Waals surface area contributed by atoms with E-state index in [2.05, 4.69) is 33.8 Å². The van der Waals surface area contributed by atoms with Gasteiger partial charge >= 0.3 is 5.63 Å². The van der Waals surface area contributed by atoms with Crippen molar-refractivity contribution in [1.82, 2.24) is 0 Å². The standard InChI is InChI=1S/C21H32O3/c1-8-9-13(2)10-14(3)11-15(4)12-16(5)20-17(6)19(22)18(7)21(23)24-20/h11-14,22H,8-10H2,1-7H3. The molecule has 0 aromatic carbocycles. The van der Waals surface area contributed by atoms with Gasteiger partial charge in [-0.3, -0.25) is 0 Å². The van der Waals surface area contributed by atoms with Crippen LogP contribution >= 0.6 is 0 Å². The van der Waals surface area contributed by atoms with Crippen molar-refractivity contribution in [1.29, 1.82) is 0 Å². The van der Waals surface area contributed by atoms with Crippen LogP contribution in [-0.4, -0.2) is 5.11 Å². The minimum Gasteiger partial charge on any atom is -0.507 e. The quantitative estimate of drug-likeness (QED) is 0.644. The first-order valence-electron chi connectivity index (χ1n) is 8.87. The number of allylic oxidation sites excluding steroid dienone is 4. The fourth-order valence-electron chi connectivity index (χ4n) is 3.32. The predicted molar refractivity (Wildman–Crippen MR) is 101 cm³/mol. The number of rotatable bonds is 7. The average molecular weight is 332 g/mol. The molecule has 1 rings (SSSR count). The molecule has 0 aliphatic carbocycles. The molecule has 24 heavy (non-hydrogen) atoms. The summed E-state index contributed by atoms with van der Waals surface area (Å²) in [5.41, 5.74) is 2.38. The molecule has 0 spiro atoms. The lowest BCUT2D eigenvalue weighted by molar-refractivity contribution is 0.428. The Morgan fingerprint density at radius 3 is 2.42 bits per heavy atom. The first-order chi connectivity index (χ1) is 11.2. The first-order valence-corrected chi connectivity index (χ1v) is 8.87. The van der Waals surface area contributed by atoms with Crippen molar-refractivity contribution in [3.05, 3.63) is 45.0 Å². The maximum atomic E-state index is 11.8. The number of aromatic hydroxyl groups is 1. The zero-order valence-corrected chi connectivity index (χ0v) is 16.2. The second kappa shape index (κ2) is 8.91. The molecular weight excluding hydrogens is 300 g/mol. The van der Waals surface area contributed by atoms with Gasteiger partial charge in [0, 0.05) is 5.56 Å². The molecular formula is C21H32O3. The molecule has 0 aliphatic rings. The van der Waals surface area contributed by atoms with Crippen LogP contribution < -0.4 is 5.63 Å². The molecule has 2 unspecified atom stereocenters. The second-order valence-electron chi connectivity index (χ2n) is 7.16. The molecule has 134 valence electrons. The summed E-state index contributed by atoms with van der Waals surface area (Å²) in [6.07, 6.45) is 7.94. The van der Waals surface area contributed by atoms with Crippen molar-refractivity contribution in [3.63, 3.8) is 0 Å². The Morgan fingerprint density at radius 1 is 1.21 bits per heavy atom. The van der Waals surface area contributed by atoms with E-state index in [0.29, 0.717) is 17.2 Å². The third kappa shape index (κ3) is 5.40. The second-order valence-corrected chi connectivity index (χ2v) is 7.16. The van der Waals surface area contributed by atoms with Crippen molar-refractivity contribution >= 4 is 5.57 Å². The van der Waals surface area contributed by atoms with Crippen LogP contribution in [0.1, 0.15) is 70.8 Å². The molecule has 0 aliphatic heterocycles. The van der Waals surface area contributed by atoms with Gasteiger partial charge in [0.1, 0.15) is 11.5 Å². The van der Waals surface area contributed by atoms with Crippen LogP contribution in [0.25, 0.3) is 5.57 Å². The van der Waals surface area contributed by atoms with Crippen LogP contribution in [0, 0.1) is 25.7 Å². The van der Waals surface area contributed by atoms with Gasteiger partial charge in [-0.1, -0.05) is 51.3 Å². The van der Waals surface area contributed by atoms with E-state index in [1.54, 1.807) is 13.8 Å². The maximum Gasteiger partial charge on any atom is 0.342 e. The monoisotopic (exact) mass is 332 g/mol. The Hall–Kier alpha value is -1.77. The first kappa shape index (κ1) is 20.3. The smallest absolute Gasteiger partial charge is 0.342 e. The highest BCUT2D eigenvalue weighted by Crippen LogP contribution is 2.27. The Morgan fingerprint density at radius 2 is 1.83 bits per heavy atom. The van der Waals surface area contributed by atoms with Gasteiger partial charge in [-0.25, -0.2) is 4.79 Å².